The van der Waals surface area contributed by atoms with E-state index in [4.69, 9.17) is 0 Å². The van der Waals surface area contributed by atoms with Gasteiger partial charge in [0.15, 0.2) is 0 Å². The second-order valence-corrected chi connectivity index (χ2v) is 5.69. The number of nitrogens with one attached hydrogen (secondary N) is 2. The number of carbonyl (C=O) groups excluding carboxylic acids is 1. The molecule has 0 bridgehead atoms. The number of aromatic nitrogens is 6. The zero-order valence-corrected chi connectivity index (χ0v) is 13.4. The van der Waals surface area contributed by atoms with Crippen LogP contribution in [0.25, 0.3) is 5.95 Å². The molecule has 0 saturated carbocycles. The van der Waals surface area contributed by atoms with E-state index >= 15 is 0 Å². The van der Waals surface area contributed by atoms with Crippen molar-refractivity contribution < 1.29 is 4.79 Å². The third kappa shape index (κ3) is 3.01. The number of rotatable bonds is 3. The molecule has 0 aliphatic heterocycles. The average molecular weight is 331 g/mol. The third-order valence-electron chi connectivity index (χ3n) is 2.99. The summed E-state index contributed by atoms with van der Waals surface area (Å²) in [5.74, 6) is 0.292. The van der Waals surface area contributed by atoms with E-state index in [0.29, 0.717) is 27.8 Å². The second-order valence-electron chi connectivity index (χ2n) is 4.93. The Morgan fingerprint density at radius 2 is 2.04 bits per heavy atom. The van der Waals surface area contributed by atoms with Gasteiger partial charge in [0, 0.05) is 17.8 Å². The van der Waals surface area contributed by atoms with Gasteiger partial charge in [-0.3, -0.25) is 14.6 Å². The summed E-state index contributed by atoms with van der Waals surface area (Å²) >= 11 is 1.01. The second kappa shape index (κ2) is 5.72. The predicted octanol–water partition coefficient (Wildman–Crippen LogP) is 0.985. The maximum atomic E-state index is 12.3. The Morgan fingerprint density at radius 3 is 2.70 bits per heavy atom. The van der Waals surface area contributed by atoms with Gasteiger partial charge in [0.2, 0.25) is 5.95 Å². The monoisotopic (exact) mass is 331 g/mol. The van der Waals surface area contributed by atoms with E-state index in [1.165, 1.54) is 10.7 Å². The first-order valence-corrected chi connectivity index (χ1v) is 7.46. The minimum atomic E-state index is -0.339. The number of H-pyrrole nitrogens is 1. The summed E-state index contributed by atoms with van der Waals surface area (Å²) in [6.07, 6.45) is 0. The van der Waals surface area contributed by atoms with E-state index in [-0.39, 0.29) is 17.4 Å². The summed E-state index contributed by atoms with van der Waals surface area (Å²) in [6.45, 7) is 5.19. The van der Waals surface area contributed by atoms with Crippen LogP contribution in [0.2, 0.25) is 0 Å². The molecule has 3 rings (SSSR count). The first-order valence-electron chi connectivity index (χ1n) is 6.69. The summed E-state index contributed by atoms with van der Waals surface area (Å²) < 4.78 is 5.12. The fourth-order valence-electron chi connectivity index (χ4n) is 2.03. The van der Waals surface area contributed by atoms with Crippen LogP contribution < -0.4 is 10.9 Å². The molecule has 0 atom stereocenters. The minimum absolute atomic E-state index is 0.234. The molecule has 0 aliphatic rings. The highest BCUT2D eigenvalue weighted by Crippen LogP contribution is 2.17. The standard InChI is InChI=1S/C13H13N7O2S/c1-6-5-10(21)16-13(14-6)20-9(4-7(2)18-20)15-12(22)11-8(3)17-19-23-11/h4-5H,1-3H3,(H,15,22)(H,14,16,21). The Labute approximate surface area is 134 Å². The van der Waals surface area contributed by atoms with Crippen molar-refractivity contribution in [2.45, 2.75) is 20.8 Å². The van der Waals surface area contributed by atoms with Crippen molar-refractivity contribution in [3.05, 3.63) is 44.4 Å². The van der Waals surface area contributed by atoms with Crippen molar-refractivity contribution >= 4 is 23.3 Å². The van der Waals surface area contributed by atoms with Crippen LogP contribution in [-0.4, -0.2) is 35.2 Å². The molecule has 3 aromatic rings. The molecule has 0 fully saturated rings. The Kier molecular flexibility index (Phi) is 3.74. The fourth-order valence-corrected chi connectivity index (χ4v) is 2.58. The van der Waals surface area contributed by atoms with Crippen molar-refractivity contribution in [3.63, 3.8) is 0 Å². The Hall–Kier alpha value is -2.88. The van der Waals surface area contributed by atoms with Gasteiger partial charge < -0.3 is 5.32 Å². The first kappa shape index (κ1) is 15.0. The largest absolute Gasteiger partial charge is 0.306 e. The van der Waals surface area contributed by atoms with Crippen molar-refractivity contribution in [1.82, 2.24) is 29.3 Å². The number of aromatic amines is 1. The molecule has 0 spiro atoms. The third-order valence-corrected chi connectivity index (χ3v) is 3.82. The molecule has 10 heteroatoms. The highest BCUT2D eigenvalue weighted by Gasteiger charge is 2.17. The van der Waals surface area contributed by atoms with E-state index in [1.807, 2.05) is 0 Å². The molecule has 0 unspecified atom stereocenters. The number of nitrogens with zero attached hydrogens (tertiary/aromatic N) is 5. The highest BCUT2D eigenvalue weighted by atomic mass is 32.1. The molecule has 23 heavy (non-hydrogen) atoms. The van der Waals surface area contributed by atoms with E-state index < -0.39 is 0 Å². The van der Waals surface area contributed by atoms with Crippen LogP contribution in [0, 0.1) is 20.8 Å². The molecular formula is C13H13N7O2S. The van der Waals surface area contributed by atoms with Gasteiger partial charge in [0.25, 0.3) is 11.5 Å². The van der Waals surface area contributed by atoms with Gasteiger partial charge in [-0.05, 0) is 32.3 Å². The van der Waals surface area contributed by atoms with Crippen LogP contribution in [0.4, 0.5) is 5.82 Å². The maximum Gasteiger partial charge on any atom is 0.270 e. The molecule has 0 aromatic carbocycles. The number of aryl methyl sites for hydroxylation is 3. The number of anilines is 1. The van der Waals surface area contributed by atoms with Gasteiger partial charge in [-0.15, -0.1) is 5.10 Å². The predicted molar refractivity (Wildman–Crippen MR) is 84.1 cm³/mol. The van der Waals surface area contributed by atoms with E-state index in [0.717, 1.165) is 11.5 Å². The zero-order valence-electron chi connectivity index (χ0n) is 12.6. The van der Waals surface area contributed by atoms with E-state index in [1.54, 1.807) is 26.8 Å². The molecule has 1 amide bonds. The summed E-state index contributed by atoms with van der Waals surface area (Å²) in [5.41, 5.74) is 1.48. The van der Waals surface area contributed by atoms with Gasteiger partial charge in [-0.25, -0.2) is 4.98 Å². The smallest absolute Gasteiger partial charge is 0.270 e. The minimum Gasteiger partial charge on any atom is -0.306 e. The lowest BCUT2D eigenvalue weighted by atomic mass is 10.3. The summed E-state index contributed by atoms with van der Waals surface area (Å²) in [6, 6.07) is 3.06. The molecule has 9 nitrogen and oxygen atoms in total. The molecular weight excluding hydrogens is 318 g/mol. The van der Waals surface area contributed by atoms with Crippen LogP contribution in [-0.2, 0) is 0 Å². The summed E-state index contributed by atoms with van der Waals surface area (Å²) in [4.78, 5) is 31.2. The van der Waals surface area contributed by atoms with Gasteiger partial charge in [0.1, 0.15) is 10.7 Å². The topological polar surface area (TPSA) is 118 Å². The Bertz CT molecular complexity index is 940. The Morgan fingerprint density at radius 1 is 1.26 bits per heavy atom. The maximum absolute atomic E-state index is 12.3. The van der Waals surface area contributed by atoms with Crippen molar-refractivity contribution in [3.8, 4) is 5.95 Å². The van der Waals surface area contributed by atoms with Gasteiger partial charge in [-0.2, -0.15) is 9.78 Å². The lowest BCUT2D eigenvalue weighted by Gasteiger charge is -2.07. The van der Waals surface area contributed by atoms with Crippen molar-refractivity contribution in [2.24, 2.45) is 0 Å². The molecule has 118 valence electrons. The SMILES string of the molecule is Cc1cc(=O)[nH]c(-n2nc(C)cc2NC(=O)c2snnc2C)n1. The van der Waals surface area contributed by atoms with Crippen LogP contribution in [0.5, 0.6) is 0 Å². The van der Waals surface area contributed by atoms with Gasteiger partial charge >= 0.3 is 0 Å². The van der Waals surface area contributed by atoms with E-state index in [2.05, 4.69) is 30.0 Å². The molecule has 2 N–H and O–H groups in total. The molecule has 3 heterocycles. The lowest BCUT2D eigenvalue weighted by Crippen LogP contribution is -2.18. The van der Waals surface area contributed by atoms with Gasteiger partial charge in [-0.1, -0.05) is 4.49 Å². The molecule has 0 radical (unpaired) electrons. The fraction of sp³-hybridized carbons (Fsp3) is 0.231. The van der Waals surface area contributed by atoms with Crippen LogP contribution in [0.3, 0.4) is 0 Å². The lowest BCUT2D eigenvalue weighted by molar-refractivity contribution is 0.102. The number of hydrogen-bond donors (Lipinski definition) is 2. The highest BCUT2D eigenvalue weighted by molar-refractivity contribution is 7.08. The first-order chi connectivity index (χ1) is 10.9. The van der Waals surface area contributed by atoms with Crippen LogP contribution in [0.15, 0.2) is 16.9 Å². The Balaban J connectivity index is 2.00. The molecule has 3 aromatic heterocycles. The number of carbonyl (C=O) groups is 1. The van der Waals surface area contributed by atoms with Crippen molar-refractivity contribution in [1.29, 1.82) is 0 Å². The van der Waals surface area contributed by atoms with E-state index in [9.17, 15) is 9.59 Å². The van der Waals surface area contributed by atoms with Crippen LogP contribution >= 0.6 is 11.5 Å². The van der Waals surface area contributed by atoms with Crippen LogP contribution in [0.1, 0.15) is 26.8 Å². The quantitative estimate of drug-likeness (QED) is 0.738. The summed E-state index contributed by atoms with van der Waals surface area (Å²) in [5, 5.41) is 10.8. The van der Waals surface area contributed by atoms with Gasteiger partial charge in [0.05, 0.1) is 11.4 Å². The zero-order chi connectivity index (χ0) is 16.6. The normalized spacial score (nSPS) is 10.7. The number of amides is 1. The molecule has 0 aliphatic carbocycles. The van der Waals surface area contributed by atoms with Crippen molar-refractivity contribution in [2.75, 3.05) is 5.32 Å². The molecule has 0 saturated heterocycles. The summed E-state index contributed by atoms with van der Waals surface area (Å²) in [7, 11) is 0. The number of hydrogen-bond acceptors (Lipinski definition) is 7. The average Bonchev–Trinajstić information content (AvgIpc) is 3.03.